The summed E-state index contributed by atoms with van der Waals surface area (Å²) in [6, 6.07) is 14.5. The Balaban J connectivity index is 1.54. The van der Waals surface area contributed by atoms with E-state index in [1.165, 1.54) is 18.2 Å². The second-order valence-electron chi connectivity index (χ2n) is 7.76. The summed E-state index contributed by atoms with van der Waals surface area (Å²) in [5.41, 5.74) is -0.192. The van der Waals surface area contributed by atoms with Gasteiger partial charge in [0.1, 0.15) is 0 Å². The van der Waals surface area contributed by atoms with E-state index in [9.17, 15) is 23.2 Å². The van der Waals surface area contributed by atoms with Crippen molar-refractivity contribution in [1.82, 2.24) is 9.80 Å². The van der Waals surface area contributed by atoms with Gasteiger partial charge in [0.25, 0.3) is 0 Å². The molecule has 1 fully saturated rings. The van der Waals surface area contributed by atoms with Crippen LogP contribution in [0.5, 0.6) is 0 Å². The van der Waals surface area contributed by atoms with E-state index in [1.807, 2.05) is 17.0 Å². The molecule has 1 aliphatic heterocycles. The Labute approximate surface area is 190 Å². The van der Waals surface area contributed by atoms with Crippen LogP contribution in [-0.2, 0) is 11.0 Å². The number of amides is 1. The number of alkyl halides is 3. The predicted octanol–water partition coefficient (Wildman–Crippen LogP) is 4.61. The van der Waals surface area contributed by atoms with E-state index < -0.39 is 17.6 Å². The molecule has 2 aromatic carbocycles. The Morgan fingerprint density at radius 3 is 2.41 bits per heavy atom. The van der Waals surface area contributed by atoms with Gasteiger partial charge in [-0.05, 0) is 49.3 Å². The number of nitrogens with one attached hydrogen (secondary N) is 1. The zero-order valence-electron chi connectivity index (χ0n) is 17.4. The molecule has 170 valence electrons. The first-order valence-electron chi connectivity index (χ1n) is 10.3. The van der Waals surface area contributed by atoms with Crippen molar-refractivity contribution in [3.8, 4) is 6.07 Å². The van der Waals surface area contributed by atoms with E-state index in [0.29, 0.717) is 31.2 Å². The number of benzene rings is 2. The van der Waals surface area contributed by atoms with Crippen LogP contribution in [0.15, 0.2) is 48.5 Å². The molecule has 0 saturated carbocycles. The molecule has 1 saturated heterocycles. The summed E-state index contributed by atoms with van der Waals surface area (Å²) >= 11 is 5.93. The highest BCUT2D eigenvalue weighted by Crippen LogP contribution is 2.34. The van der Waals surface area contributed by atoms with E-state index in [-0.39, 0.29) is 18.2 Å². The fourth-order valence-corrected chi connectivity index (χ4v) is 3.90. The summed E-state index contributed by atoms with van der Waals surface area (Å²) in [4.78, 5) is 16.5. The van der Waals surface area contributed by atoms with Gasteiger partial charge in [0.05, 0.1) is 29.8 Å². The molecule has 0 spiro atoms. The number of para-hydroxylation sites is 1. The van der Waals surface area contributed by atoms with Gasteiger partial charge in [0.15, 0.2) is 0 Å². The normalized spacial score (nSPS) is 16.7. The van der Waals surface area contributed by atoms with Crippen molar-refractivity contribution >= 4 is 23.2 Å². The minimum atomic E-state index is -4.53. The molecule has 0 aromatic heterocycles. The van der Waals surface area contributed by atoms with Gasteiger partial charge in [-0.1, -0.05) is 35.9 Å². The first-order chi connectivity index (χ1) is 15.3. The van der Waals surface area contributed by atoms with Crippen LogP contribution in [0.3, 0.4) is 0 Å². The van der Waals surface area contributed by atoms with Crippen molar-refractivity contribution in [1.29, 1.82) is 5.26 Å². The summed E-state index contributed by atoms with van der Waals surface area (Å²) in [7, 11) is 0. The van der Waals surface area contributed by atoms with Crippen molar-refractivity contribution in [3.63, 3.8) is 0 Å². The largest absolute Gasteiger partial charge is 0.418 e. The van der Waals surface area contributed by atoms with Gasteiger partial charge in [-0.15, -0.1) is 0 Å². The summed E-state index contributed by atoms with van der Waals surface area (Å²) < 4.78 is 39.4. The van der Waals surface area contributed by atoms with Gasteiger partial charge in [0, 0.05) is 24.7 Å². The summed E-state index contributed by atoms with van der Waals surface area (Å²) in [6.07, 6.45) is -3.74. The van der Waals surface area contributed by atoms with Crippen molar-refractivity contribution in [2.45, 2.75) is 18.5 Å². The molecule has 1 aliphatic rings. The molecular weight excluding hydrogens is 441 g/mol. The summed E-state index contributed by atoms with van der Waals surface area (Å²) in [5.74, 6) is -0.771. The summed E-state index contributed by atoms with van der Waals surface area (Å²) in [5, 5.41) is 12.6. The Bertz CT molecular complexity index is 959. The molecule has 5 nitrogen and oxygen atoms in total. The quantitative estimate of drug-likeness (QED) is 0.678. The zero-order chi connectivity index (χ0) is 23.1. The van der Waals surface area contributed by atoms with Crippen LogP contribution in [0, 0.1) is 11.3 Å². The standard InChI is InChI=1S/C23H24ClF3N4O/c24-19-8-6-17(7-9-19)18(14-28)15-30-10-3-11-31(13-12-30)16-22(32)29-21-5-2-1-4-20(21)23(25,26)27/h1-2,4-9,18H,3,10-13,15-16H2,(H,29,32). The Morgan fingerprint density at radius 2 is 1.72 bits per heavy atom. The fourth-order valence-electron chi connectivity index (χ4n) is 3.77. The second-order valence-corrected chi connectivity index (χ2v) is 8.19. The van der Waals surface area contributed by atoms with Crippen LogP contribution in [0.1, 0.15) is 23.5 Å². The van der Waals surface area contributed by atoms with Gasteiger partial charge in [-0.25, -0.2) is 0 Å². The number of nitriles is 1. The molecule has 1 atom stereocenters. The molecule has 0 radical (unpaired) electrons. The van der Waals surface area contributed by atoms with Gasteiger partial charge in [-0.2, -0.15) is 18.4 Å². The molecule has 1 N–H and O–H groups in total. The Kier molecular flexibility index (Phi) is 8.13. The average molecular weight is 465 g/mol. The first kappa shape index (κ1) is 24.1. The van der Waals surface area contributed by atoms with Gasteiger partial charge < -0.3 is 10.2 Å². The third-order valence-corrected chi connectivity index (χ3v) is 5.68. The lowest BCUT2D eigenvalue weighted by Crippen LogP contribution is -2.37. The molecule has 0 bridgehead atoms. The highest BCUT2D eigenvalue weighted by atomic mass is 35.5. The zero-order valence-corrected chi connectivity index (χ0v) is 18.2. The minimum Gasteiger partial charge on any atom is -0.324 e. The van der Waals surface area contributed by atoms with Crippen LogP contribution in [0.2, 0.25) is 5.02 Å². The third-order valence-electron chi connectivity index (χ3n) is 5.42. The topological polar surface area (TPSA) is 59.4 Å². The molecule has 9 heteroatoms. The van der Waals surface area contributed by atoms with Crippen molar-refractivity contribution in [2.75, 3.05) is 44.6 Å². The molecule has 3 rings (SSSR count). The highest BCUT2D eigenvalue weighted by molar-refractivity contribution is 6.30. The fraction of sp³-hybridized carbons (Fsp3) is 0.391. The Morgan fingerprint density at radius 1 is 1.06 bits per heavy atom. The Hall–Kier alpha value is -2.60. The number of anilines is 1. The molecule has 32 heavy (non-hydrogen) atoms. The molecule has 1 heterocycles. The van der Waals surface area contributed by atoms with Crippen LogP contribution in [0.25, 0.3) is 0 Å². The molecule has 1 unspecified atom stereocenters. The van der Waals surface area contributed by atoms with Crippen LogP contribution in [0.4, 0.5) is 18.9 Å². The van der Waals surface area contributed by atoms with E-state index in [2.05, 4.69) is 16.3 Å². The minimum absolute atomic E-state index is 0.0128. The van der Waals surface area contributed by atoms with E-state index >= 15 is 0 Å². The number of halogens is 4. The van der Waals surface area contributed by atoms with Crippen LogP contribution in [-0.4, -0.2) is 55.0 Å². The summed E-state index contributed by atoms with van der Waals surface area (Å²) in [6.45, 7) is 3.27. The van der Waals surface area contributed by atoms with Crippen molar-refractivity contribution in [3.05, 3.63) is 64.7 Å². The second kappa shape index (κ2) is 10.8. The van der Waals surface area contributed by atoms with Crippen molar-refractivity contribution < 1.29 is 18.0 Å². The van der Waals surface area contributed by atoms with E-state index in [4.69, 9.17) is 11.6 Å². The van der Waals surface area contributed by atoms with E-state index in [0.717, 1.165) is 24.6 Å². The lowest BCUT2D eigenvalue weighted by molar-refractivity contribution is -0.137. The van der Waals surface area contributed by atoms with Crippen molar-refractivity contribution in [2.24, 2.45) is 0 Å². The lowest BCUT2D eigenvalue weighted by atomic mass is 10.00. The monoisotopic (exact) mass is 464 g/mol. The third kappa shape index (κ3) is 6.70. The number of rotatable bonds is 6. The smallest absolute Gasteiger partial charge is 0.324 e. The maximum Gasteiger partial charge on any atom is 0.418 e. The molecule has 0 aliphatic carbocycles. The van der Waals surface area contributed by atoms with Crippen LogP contribution >= 0.6 is 11.6 Å². The average Bonchev–Trinajstić information content (AvgIpc) is 2.97. The van der Waals surface area contributed by atoms with E-state index in [1.54, 1.807) is 12.1 Å². The number of hydrogen-bond donors (Lipinski definition) is 1. The number of hydrogen-bond acceptors (Lipinski definition) is 4. The maximum atomic E-state index is 13.1. The molecule has 1 amide bonds. The number of carbonyl (C=O) groups excluding carboxylic acids is 1. The van der Waals surface area contributed by atoms with Crippen LogP contribution < -0.4 is 5.32 Å². The molecule has 2 aromatic rings. The lowest BCUT2D eigenvalue weighted by Gasteiger charge is -2.23. The van der Waals surface area contributed by atoms with Gasteiger partial charge in [-0.3, -0.25) is 9.69 Å². The van der Waals surface area contributed by atoms with Gasteiger partial charge >= 0.3 is 6.18 Å². The maximum absolute atomic E-state index is 13.1. The van der Waals surface area contributed by atoms with Gasteiger partial charge in [0.2, 0.25) is 5.91 Å². The SMILES string of the molecule is N#CC(CN1CCCN(CC(=O)Nc2ccccc2C(F)(F)F)CC1)c1ccc(Cl)cc1. The highest BCUT2D eigenvalue weighted by Gasteiger charge is 2.33. The number of nitrogens with zero attached hydrogens (tertiary/aromatic N) is 3. The number of carbonyl (C=O) groups is 1. The predicted molar refractivity (Wildman–Crippen MR) is 117 cm³/mol. The molecular formula is C23H24ClF3N4O. The first-order valence-corrected chi connectivity index (χ1v) is 10.7.